The normalized spacial score (nSPS) is 50.4. The van der Waals surface area contributed by atoms with Crippen molar-refractivity contribution in [3.63, 3.8) is 0 Å². The van der Waals surface area contributed by atoms with Gasteiger partial charge in [0.15, 0.2) is 23.5 Å². The number of allylic oxidation sites excluding steroid dienone is 6. The highest BCUT2D eigenvalue weighted by Crippen LogP contribution is 2.69. The zero-order valence-corrected chi connectivity index (χ0v) is 16.0. The van der Waals surface area contributed by atoms with E-state index in [0.717, 1.165) is 5.57 Å². The van der Waals surface area contributed by atoms with E-state index < -0.39 is 28.5 Å². The zero-order valence-electron chi connectivity index (χ0n) is 16.0. The molecule has 0 aliphatic heterocycles. The first-order chi connectivity index (χ1) is 12.6. The topological polar surface area (TPSA) is 74.6 Å². The standard InChI is InChI=1S/C22H27FO4/c1-12-8-16-15-5-4-13-9-14(25)6-7-21(13,3)22(15,23)18(27)10-20(16,2)19(12)17(26)11-24/h6-7,9,11-12,15-16,18,26-27H,4-5,8,10H2,1-3H3/b19-17+/t12-,15-,16-,18-,20-,21-,22?/m0/s1. The first-order valence-electron chi connectivity index (χ1n) is 9.79. The molecule has 4 aliphatic rings. The van der Waals surface area contributed by atoms with Crippen LogP contribution in [0.15, 0.2) is 35.1 Å². The number of alkyl halides is 1. The highest BCUT2D eigenvalue weighted by atomic mass is 19.1. The van der Waals surface area contributed by atoms with Crippen LogP contribution in [0, 0.1) is 28.6 Å². The molecule has 4 nitrogen and oxygen atoms in total. The Kier molecular flexibility index (Phi) is 3.88. The molecule has 4 rings (SSSR count). The van der Waals surface area contributed by atoms with Crippen molar-refractivity contribution in [2.75, 3.05) is 0 Å². The van der Waals surface area contributed by atoms with E-state index in [1.165, 1.54) is 12.2 Å². The molecule has 0 heterocycles. The quantitative estimate of drug-likeness (QED) is 0.418. The molecular formula is C22H27FO4. The van der Waals surface area contributed by atoms with Crippen LogP contribution in [0.25, 0.3) is 0 Å². The van der Waals surface area contributed by atoms with Crippen LogP contribution in [0.5, 0.6) is 0 Å². The first kappa shape index (κ1) is 18.6. The Balaban J connectivity index is 1.85. The van der Waals surface area contributed by atoms with Crippen LogP contribution in [0.1, 0.15) is 46.5 Å². The minimum atomic E-state index is -1.87. The number of rotatable bonds is 1. The maximum absolute atomic E-state index is 16.8. The lowest BCUT2D eigenvalue weighted by Crippen LogP contribution is -2.66. The molecule has 0 spiro atoms. The Morgan fingerprint density at radius 2 is 2.04 bits per heavy atom. The molecule has 0 saturated heterocycles. The van der Waals surface area contributed by atoms with Crippen LogP contribution < -0.4 is 0 Å². The number of carbonyl (C=O) groups is 2. The van der Waals surface area contributed by atoms with Crippen molar-refractivity contribution >= 4 is 12.1 Å². The van der Waals surface area contributed by atoms with Gasteiger partial charge in [0.2, 0.25) is 0 Å². The second-order valence-corrected chi connectivity index (χ2v) is 9.32. The van der Waals surface area contributed by atoms with Gasteiger partial charge in [-0.25, -0.2) is 4.39 Å². The molecule has 1 unspecified atom stereocenters. The van der Waals surface area contributed by atoms with Crippen molar-refractivity contribution in [3.05, 3.63) is 35.1 Å². The van der Waals surface area contributed by atoms with Crippen LogP contribution in [-0.2, 0) is 9.59 Å². The highest BCUT2D eigenvalue weighted by molar-refractivity contribution is 6.01. The van der Waals surface area contributed by atoms with E-state index in [9.17, 15) is 19.8 Å². The van der Waals surface area contributed by atoms with Crippen molar-refractivity contribution in [2.45, 2.75) is 58.2 Å². The first-order valence-corrected chi connectivity index (χ1v) is 9.79. The summed E-state index contributed by atoms with van der Waals surface area (Å²) < 4.78 is 16.8. The average Bonchev–Trinajstić information content (AvgIpc) is 2.86. The van der Waals surface area contributed by atoms with Crippen LogP contribution in [-0.4, -0.2) is 34.1 Å². The molecule has 4 aliphatic carbocycles. The third kappa shape index (κ3) is 2.12. The molecule has 0 aromatic heterocycles. The summed E-state index contributed by atoms with van der Waals surface area (Å²) in [5.74, 6) is -0.895. The van der Waals surface area contributed by atoms with Gasteiger partial charge in [-0.15, -0.1) is 0 Å². The summed E-state index contributed by atoms with van der Waals surface area (Å²) in [5.41, 5.74) is -2.06. The van der Waals surface area contributed by atoms with Crippen molar-refractivity contribution in [2.24, 2.45) is 28.6 Å². The summed E-state index contributed by atoms with van der Waals surface area (Å²) in [7, 11) is 0. The van der Waals surface area contributed by atoms with Crippen LogP contribution in [0.2, 0.25) is 0 Å². The van der Waals surface area contributed by atoms with Crippen molar-refractivity contribution < 1.29 is 24.2 Å². The van der Waals surface area contributed by atoms with Gasteiger partial charge in [-0.2, -0.15) is 0 Å². The van der Waals surface area contributed by atoms with E-state index in [4.69, 9.17) is 0 Å². The zero-order chi connectivity index (χ0) is 19.8. The molecule has 0 radical (unpaired) electrons. The largest absolute Gasteiger partial charge is 0.505 e. The van der Waals surface area contributed by atoms with Crippen LogP contribution >= 0.6 is 0 Å². The number of aliphatic hydroxyl groups excluding tert-OH is 2. The fourth-order valence-corrected chi connectivity index (χ4v) is 6.97. The van der Waals surface area contributed by atoms with E-state index in [0.29, 0.717) is 31.1 Å². The molecular weight excluding hydrogens is 347 g/mol. The van der Waals surface area contributed by atoms with Crippen molar-refractivity contribution in [1.29, 1.82) is 0 Å². The Morgan fingerprint density at radius 3 is 2.70 bits per heavy atom. The summed E-state index contributed by atoms with van der Waals surface area (Å²) in [4.78, 5) is 23.1. The Labute approximate surface area is 158 Å². The van der Waals surface area contributed by atoms with E-state index in [-0.39, 0.29) is 29.8 Å². The maximum atomic E-state index is 16.8. The molecule has 3 saturated carbocycles. The van der Waals surface area contributed by atoms with E-state index >= 15 is 4.39 Å². The minimum absolute atomic E-state index is 0.0343. The lowest BCUT2D eigenvalue weighted by molar-refractivity contribution is -0.184. The van der Waals surface area contributed by atoms with Gasteiger partial charge in [0.25, 0.3) is 0 Å². The van der Waals surface area contributed by atoms with Crippen molar-refractivity contribution in [3.8, 4) is 0 Å². The predicted octanol–water partition coefficient (Wildman–Crippen LogP) is 3.61. The van der Waals surface area contributed by atoms with Crippen molar-refractivity contribution in [1.82, 2.24) is 0 Å². The van der Waals surface area contributed by atoms with Gasteiger partial charge < -0.3 is 10.2 Å². The summed E-state index contributed by atoms with van der Waals surface area (Å²) >= 11 is 0. The number of hydrogen-bond acceptors (Lipinski definition) is 4. The Bertz CT molecular complexity index is 811. The second-order valence-electron chi connectivity index (χ2n) is 9.32. The predicted molar refractivity (Wildman–Crippen MR) is 98.6 cm³/mol. The fourth-order valence-electron chi connectivity index (χ4n) is 6.97. The summed E-state index contributed by atoms with van der Waals surface area (Å²) in [5, 5.41) is 21.3. The molecule has 3 fully saturated rings. The molecule has 5 heteroatoms. The fraction of sp³-hybridized carbons (Fsp3) is 0.636. The molecule has 0 aromatic rings. The Morgan fingerprint density at radius 1 is 1.33 bits per heavy atom. The van der Waals surface area contributed by atoms with Gasteiger partial charge in [0, 0.05) is 11.3 Å². The number of carbonyl (C=O) groups excluding carboxylic acids is 2. The number of aliphatic hydroxyl groups is 2. The highest BCUT2D eigenvalue weighted by Gasteiger charge is 2.70. The van der Waals surface area contributed by atoms with Gasteiger partial charge >= 0.3 is 0 Å². The molecule has 0 aromatic carbocycles. The van der Waals surface area contributed by atoms with Gasteiger partial charge in [0.05, 0.1) is 6.10 Å². The molecule has 2 N–H and O–H groups in total. The Hall–Kier alpha value is -1.75. The molecule has 7 atom stereocenters. The monoisotopic (exact) mass is 374 g/mol. The van der Waals surface area contributed by atoms with Gasteiger partial charge in [-0.3, -0.25) is 9.59 Å². The van der Waals surface area contributed by atoms with E-state index in [1.54, 1.807) is 13.0 Å². The molecule has 146 valence electrons. The van der Waals surface area contributed by atoms with Gasteiger partial charge in [-0.1, -0.05) is 25.5 Å². The SMILES string of the molecule is C[C@H]1C[C@H]2[C@@H]3CCC4=CC(=O)C=C[C@]4(C)C3(F)[C@@H](O)C[C@]2(C)/C1=C(/O)C=O. The smallest absolute Gasteiger partial charge is 0.184 e. The number of ketones is 1. The molecule has 0 bridgehead atoms. The summed E-state index contributed by atoms with van der Waals surface area (Å²) in [6, 6.07) is 0. The number of aldehydes is 1. The number of hydrogen-bond donors (Lipinski definition) is 2. The van der Waals surface area contributed by atoms with Gasteiger partial charge in [0.1, 0.15) is 0 Å². The maximum Gasteiger partial charge on any atom is 0.184 e. The van der Waals surface area contributed by atoms with Crippen LogP contribution in [0.4, 0.5) is 4.39 Å². The van der Waals surface area contributed by atoms with Crippen LogP contribution in [0.3, 0.4) is 0 Å². The lowest BCUT2D eigenvalue weighted by Gasteiger charge is -2.61. The summed E-state index contributed by atoms with van der Waals surface area (Å²) in [6.07, 6.45) is 5.82. The molecule has 27 heavy (non-hydrogen) atoms. The second kappa shape index (κ2) is 5.63. The lowest BCUT2D eigenvalue weighted by atomic mass is 9.45. The van der Waals surface area contributed by atoms with E-state index in [1.807, 2.05) is 13.8 Å². The third-order valence-electron chi connectivity index (χ3n) is 8.13. The van der Waals surface area contributed by atoms with Gasteiger partial charge in [-0.05, 0) is 67.6 Å². The number of fused-ring (bicyclic) bond motifs is 5. The third-order valence-corrected chi connectivity index (χ3v) is 8.13. The van der Waals surface area contributed by atoms with E-state index in [2.05, 4.69) is 0 Å². The minimum Gasteiger partial charge on any atom is -0.505 e. The molecule has 0 amide bonds. The number of halogens is 1. The summed E-state index contributed by atoms with van der Waals surface area (Å²) in [6.45, 7) is 5.70. The average molecular weight is 374 g/mol.